The third-order valence-electron chi connectivity index (χ3n) is 3.57. The second kappa shape index (κ2) is 6.30. The van der Waals surface area contributed by atoms with E-state index in [-0.39, 0.29) is 6.03 Å². The number of nitrogens with zero attached hydrogens (tertiary/aromatic N) is 2. The molecule has 4 aromatic rings. The Bertz CT molecular complexity index is 1090. The van der Waals surface area contributed by atoms with Crippen LogP contribution in [0, 0.1) is 6.92 Å². The highest BCUT2D eigenvalue weighted by molar-refractivity contribution is 7.28. The van der Waals surface area contributed by atoms with Gasteiger partial charge in [0.25, 0.3) is 0 Å². The van der Waals surface area contributed by atoms with Crippen molar-refractivity contribution in [3.63, 3.8) is 0 Å². The van der Waals surface area contributed by atoms with Crippen LogP contribution in [0.1, 0.15) is 5.01 Å². The van der Waals surface area contributed by atoms with Crippen molar-refractivity contribution >= 4 is 60.0 Å². The first-order chi connectivity index (χ1) is 12.1. The minimum atomic E-state index is -0.343. The smallest absolute Gasteiger partial charge is 0.325 e. The zero-order valence-electron chi connectivity index (χ0n) is 13.5. The lowest BCUT2D eigenvalue weighted by atomic mass is 10.3. The third-order valence-corrected chi connectivity index (χ3v) is 5.70. The molecule has 0 atom stereocenters. The van der Waals surface area contributed by atoms with Gasteiger partial charge >= 0.3 is 6.03 Å². The van der Waals surface area contributed by atoms with Crippen LogP contribution in [-0.4, -0.2) is 23.1 Å². The number of hydrogen-bond donors (Lipinski definition) is 2. The molecule has 0 unspecified atom stereocenters. The molecule has 0 saturated carbocycles. The van der Waals surface area contributed by atoms with Crippen molar-refractivity contribution in [3.8, 4) is 5.75 Å². The number of nitrogens with one attached hydrogen (secondary N) is 2. The number of carbonyl (C=O) groups excluding carboxylic acids is 1. The fraction of sp³-hybridized carbons (Fsp3) is 0.118. The Labute approximate surface area is 151 Å². The predicted molar refractivity (Wildman–Crippen MR) is 103 cm³/mol. The fourth-order valence-corrected chi connectivity index (χ4v) is 4.50. The molecule has 0 aliphatic carbocycles. The quantitative estimate of drug-likeness (QED) is 0.539. The van der Waals surface area contributed by atoms with Gasteiger partial charge in [-0.3, -0.25) is 5.32 Å². The molecule has 2 amide bonds. The molecule has 0 saturated heterocycles. The maximum atomic E-state index is 12.2. The lowest BCUT2D eigenvalue weighted by molar-refractivity contribution is 0.262. The summed E-state index contributed by atoms with van der Waals surface area (Å²) in [5.74, 6) is 0.681. The minimum absolute atomic E-state index is 0.343. The number of rotatable bonds is 3. The number of fused-ring (bicyclic) bond motifs is 3. The third kappa shape index (κ3) is 3.13. The van der Waals surface area contributed by atoms with Crippen molar-refractivity contribution < 1.29 is 9.53 Å². The second-order valence-corrected chi connectivity index (χ2v) is 7.53. The van der Waals surface area contributed by atoms with E-state index in [1.54, 1.807) is 30.6 Å². The number of carbonyl (C=O) groups is 1. The molecule has 25 heavy (non-hydrogen) atoms. The van der Waals surface area contributed by atoms with E-state index in [0.29, 0.717) is 16.6 Å². The number of aromatic nitrogens is 2. The standard InChI is InChI=1S/C17H14N4O2S2/c1-9-18-12-6-7-13-15(14(12)24-9)25-17(20-13)21-16(22)19-10-4-3-5-11(8-10)23-2/h3-8H,1-2H3,(H2,19,20,21,22). The highest BCUT2D eigenvalue weighted by Gasteiger charge is 2.12. The van der Waals surface area contributed by atoms with Crippen LogP contribution in [0.25, 0.3) is 20.4 Å². The summed E-state index contributed by atoms with van der Waals surface area (Å²) in [5.41, 5.74) is 2.47. The summed E-state index contributed by atoms with van der Waals surface area (Å²) < 4.78 is 7.30. The van der Waals surface area contributed by atoms with Gasteiger partial charge in [0.05, 0.1) is 32.6 Å². The number of thiazole rings is 2. The summed E-state index contributed by atoms with van der Waals surface area (Å²) in [6, 6.07) is 10.7. The summed E-state index contributed by atoms with van der Waals surface area (Å²) in [6.07, 6.45) is 0. The first-order valence-electron chi connectivity index (χ1n) is 7.51. The van der Waals surface area contributed by atoms with Crippen molar-refractivity contribution in [1.29, 1.82) is 0 Å². The molecule has 8 heteroatoms. The molecule has 0 spiro atoms. The van der Waals surface area contributed by atoms with Crippen LogP contribution < -0.4 is 15.4 Å². The molecule has 4 rings (SSSR count). The van der Waals surface area contributed by atoms with Crippen LogP contribution in [0.15, 0.2) is 36.4 Å². The fourth-order valence-electron chi connectivity index (χ4n) is 2.50. The first-order valence-corrected chi connectivity index (χ1v) is 9.14. The van der Waals surface area contributed by atoms with Crippen LogP contribution in [0.5, 0.6) is 5.75 Å². The molecule has 0 bridgehead atoms. The lowest BCUT2D eigenvalue weighted by Crippen LogP contribution is -2.19. The van der Waals surface area contributed by atoms with E-state index in [9.17, 15) is 4.79 Å². The van der Waals surface area contributed by atoms with Crippen molar-refractivity contribution in [2.45, 2.75) is 6.92 Å². The van der Waals surface area contributed by atoms with Gasteiger partial charge in [-0.2, -0.15) is 0 Å². The Morgan fingerprint density at radius 2 is 1.80 bits per heavy atom. The van der Waals surface area contributed by atoms with E-state index < -0.39 is 0 Å². The van der Waals surface area contributed by atoms with Gasteiger partial charge in [0.15, 0.2) is 5.13 Å². The average Bonchev–Trinajstić information content (AvgIpc) is 3.16. The first kappa shape index (κ1) is 15.8. The van der Waals surface area contributed by atoms with Gasteiger partial charge in [0.1, 0.15) is 5.75 Å². The van der Waals surface area contributed by atoms with Gasteiger partial charge in [0.2, 0.25) is 0 Å². The molecule has 126 valence electrons. The van der Waals surface area contributed by atoms with E-state index in [0.717, 1.165) is 25.4 Å². The summed E-state index contributed by atoms with van der Waals surface area (Å²) >= 11 is 3.09. The van der Waals surface area contributed by atoms with Crippen molar-refractivity contribution in [2.24, 2.45) is 0 Å². The number of hydrogen-bond acceptors (Lipinski definition) is 6. The number of aryl methyl sites for hydroxylation is 1. The number of anilines is 2. The van der Waals surface area contributed by atoms with Crippen LogP contribution in [0.4, 0.5) is 15.6 Å². The second-order valence-electron chi connectivity index (χ2n) is 5.33. The normalized spacial score (nSPS) is 11.0. The van der Waals surface area contributed by atoms with Crippen LogP contribution in [0.3, 0.4) is 0 Å². The van der Waals surface area contributed by atoms with Gasteiger partial charge in [0, 0.05) is 11.8 Å². The van der Waals surface area contributed by atoms with Gasteiger partial charge < -0.3 is 10.1 Å². The Balaban J connectivity index is 1.57. The van der Waals surface area contributed by atoms with E-state index >= 15 is 0 Å². The molecular formula is C17H14N4O2S2. The molecule has 2 aromatic heterocycles. The Morgan fingerprint density at radius 3 is 2.60 bits per heavy atom. The summed E-state index contributed by atoms with van der Waals surface area (Å²) in [5, 5.41) is 7.13. The van der Waals surface area contributed by atoms with Crippen molar-refractivity contribution in [3.05, 3.63) is 41.4 Å². The number of amides is 2. The maximum Gasteiger partial charge on any atom is 0.325 e. The van der Waals surface area contributed by atoms with E-state index in [1.165, 1.54) is 11.3 Å². The highest BCUT2D eigenvalue weighted by atomic mass is 32.1. The largest absolute Gasteiger partial charge is 0.497 e. The molecule has 2 heterocycles. The summed E-state index contributed by atoms with van der Waals surface area (Å²) in [4.78, 5) is 21.2. The predicted octanol–water partition coefficient (Wildman–Crippen LogP) is 4.87. The van der Waals surface area contributed by atoms with Gasteiger partial charge in [-0.15, -0.1) is 11.3 Å². The summed E-state index contributed by atoms with van der Waals surface area (Å²) in [7, 11) is 1.59. The number of ether oxygens (including phenoxy) is 1. The molecule has 2 aromatic carbocycles. The van der Waals surface area contributed by atoms with Crippen LogP contribution in [-0.2, 0) is 0 Å². The molecule has 2 N–H and O–H groups in total. The van der Waals surface area contributed by atoms with E-state index in [2.05, 4.69) is 20.6 Å². The SMILES string of the molecule is COc1cccc(NC(=O)Nc2nc3ccc4nc(C)sc4c3s2)c1. The molecular weight excluding hydrogens is 356 g/mol. The maximum absolute atomic E-state index is 12.2. The zero-order valence-corrected chi connectivity index (χ0v) is 15.1. The Kier molecular flexibility index (Phi) is 3.98. The Morgan fingerprint density at radius 1 is 1.04 bits per heavy atom. The van der Waals surface area contributed by atoms with E-state index in [4.69, 9.17) is 4.74 Å². The minimum Gasteiger partial charge on any atom is -0.497 e. The van der Waals surface area contributed by atoms with Gasteiger partial charge in [-0.1, -0.05) is 17.4 Å². The number of methoxy groups -OCH3 is 1. The zero-order chi connectivity index (χ0) is 17.4. The Hall–Kier alpha value is -2.71. The highest BCUT2D eigenvalue weighted by Crippen LogP contribution is 2.35. The van der Waals surface area contributed by atoms with Crippen molar-refractivity contribution in [2.75, 3.05) is 17.7 Å². The van der Waals surface area contributed by atoms with Gasteiger partial charge in [-0.25, -0.2) is 14.8 Å². The van der Waals surface area contributed by atoms with Crippen LogP contribution in [0.2, 0.25) is 0 Å². The van der Waals surface area contributed by atoms with Crippen LogP contribution >= 0.6 is 22.7 Å². The average molecular weight is 370 g/mol. The molecule has 0 aliphatic heterocycles. The van der Waals surface area contributed by atoms with E-state index in [1.807, 2.05) is 31.2 Å². The summed E-state index contributed by atoms with van der Waals surface area (Å²) in [6.45, 7) is 1.98. The molecule has 0 aliphatic rings. The lowest BCUT2D eigenvalue weighted by Gasteiger charge is -2.06. The number of benzene rings is 2. The molecule has 0 fully saturated rings. The van der Waals surface area contributed by atoms with Gasteiger partial charge in [-0.05, 0) is 31.2 Å². The molecule has 6 nitrogen and oxygen atoms in total. The monoisotopic (exact) mass is 370 g/mol. The topological polar surface area (TPSA) is 76.1 Å². The molecule has 0 radical (unpaired) electrons. The number of urea groups is 1. The van der Waals surface area contributed by atoms with Crippen molar-refractivity contribution in [1.82, 2.24) is 9.97 Å².